The van der Waals surface area contributed by atoms with E-state index < -0.39 is 6.09 Å². The SMILES string of the molecule is COC(=O)Nc1ccc(Nc2cccc(Br)c2)nc1. The van der Waals surface area contributed by atoms with Crippen LogP contribution in [-0.4, -0.2) is 18.2 Å². The first-order valence-corrected chi connectivity index (χ1v) is 6.30. The highest BCUT2D eigenvalue weighted by Crippen LogP contribution is 2.19. The Balaban J connectivity index is 2.04. The maximum atomic E-state index is 11.0. The summed E-state index contributed by atoms with van der Waals surface area (Å²) in [5, 5.41) is 5.69. The highest BCUT2D eigenvalue weighted by atomic mass is 79.9. The molecule has 2 aromatic rings. The molecule has 19 heavy (non-hydrogen) atoms. The molecule has 1 amide bonds. The summed E-state index contributed by atoms with van der Waals surface area (Å²) < 4.78 is 5.48. The zero-order chi connectivity index (χ0) is 13.7. The van der Waals surface area contributed by atoms with Gasteiger partial charge in [0.15, 0.2) is 0 Å². The summed E-state index contributed by atoms with van der Waals surface area (Å²) in [4.78, 5) is 15.2. The molecule has 2 N–H and O–H groups in total. The molecule has 1 heterocycles. The molecule has 0 saturated heterocycles. The molecule has 0 atom stereocenters. The number of carbonyl (C=O) groups excluding carboxylic acids is 1. The normalized spacial score (nSPS) is 9.79. The van der Waals surface area contributed by atoms with Gasteiger partial charge in [-0.2, -0.15) is 0 Å². The Hall–Kier alpha value is -2.08. The minimum absolute atomic E-state index is 0.519. The van der Waals surface area contributed by atoms with Gasteiger partial charge in [0.05, 0.1) is 19.0 Å². The number of halogens is 1. The number of hydrogen-bond acceptors (Lipinski definition) is 4. The summed E-state index contributed by atoms with van der Waals surface area (Å²) in [6, 6.07) is 11.3. The fraction of sp³-hybridized carbons (Fsp3) is 0.0769. The van der Waals surface area contributed by atoms with Crippen LogP contribution in [0.25, 0.3) is 0 Å². The number of anilines is 3. The summed E-state index contributed by atoms with van der Waals surface area (Å²) in [5.74, 6) is 0.688. The van der Waals surface area contributed by atoms with E-state index in [4.69, 9.17) is 0 Å². The van der Waals surface area contributed by atoms with Gasteiger partial charge >= 0.3 is 6.09 Å². The van der Waals surface area contributed by atoms with Gasteiger partial charge in [0, 0.05) is 10.2 Å². The first kappa shape index (κ1) is 13.4. The molecule has 0 unspecified atom stereocenters. The number of nitrogens with zero attached hydrogens (tertiary/aromatic N) is 1. The van der Waals surface area contributed by atoms with E-state index in [9.17, 15) is 4.79 Å². The molecule has 1 aromatic heterocycles. The number of methoxy groups -OCH3 is 1. The molecule has 0 aliphatic rings. The third-order valence-corrected chi connectivity index (χ3v) is 2.79. The fourth-order valence-electron chi connectivity index (χ4n) is 1.42. The molecular formula is C13H12BrN3O2. The largest absolute Gasteiger partial charge is 0.453 e. The molecule has 5 nitrogen and oxygen atoms in total. The number of hydrogen-bond donors (Lipinski definition) is 2. The summed E-state index contributed by atoms with van der Waals surface area (Å²) in [5.41, 5.74) is 1.50. The van der Waals surface area contributed by atoms with Crippen LogP contribution in [0.3, 0.4) is 0 Å². The van der Waals surface area contributed by atoms with E-state index in [1.807, 2.05) is 24.3 Å². The van der Waals surface area contributed by atoms with E-state index in [1.54, 1.807) is 18.3 Å². The van der Waals surface area contributed by atoms with E-state index in [1.165, 1.54) is 7.11 Å². The van der Waals surface area contributed by atoms with Crippen molar-refractivity contribution in [2.75, 3.05) is 17.7 Å². The Kier molecular flexibility index (Phi) is 4.35. The zero-order valence-electron chi connectivity index (χ0n) is 10.2. The van der Waals surface area contributed by atoms with Crippen molar-refractivity contribution < 1.29 is 9.53 Å². The molecule has 2 rings (SSSR count). The van der Waals surface area contributed by atoms with Crippen LogP contribution in [0.15, 0.2) is 47.1 Å². The first-order valence-electron chi connectivity index (χ1n) is 5.51. The molecule has 0 saturated carbocycles. The van der Waals surface area contributed by atoms with Crippen molar-refractivity contribution in [3.63, 3.8) is 0 Å². The number of aromatic nitrogens is 1. The monoisotopic (exact) mass is 321 g/mol. The lowest BCUT2D eigenvalue weighted by atomic mass is 10.3. The molecular weight excluding hydrogens is 310 g/mol. The topological polar surface area (TPSA) is 63.2 Å². The zero-order valence-corrected chi connectivity index (χ0v) is 11.8. The van der Waals surface area contributed by atoms with Crippen molar-refractivity contribution in [3.05, 3.63) is 47.1 Å². The van der Waals surface area contributed by atoms with Gasteiger partial charge in [0.1, 0.15) is 5.82 Å². The van der Waals surface area contributed by atoms with Crippen LogP contribution >= 0.6 is 15.9 Å². The summed E-state index contributed by atoms with van der Waals surface area (Å²) in [6.07, 6.45) is 1.03. The van der Waals surface area contributed by atoms with E-state index >= 15 is 0 Å². The van der Waals surface area contributed by atoms with Gasteiger partial charge in [-0.3, -0.25) is 5.32 Å². The highest BCUT2D eigenvalue weighted by molar-refractivity contribution is 9.10. The second-order valence-corrected chi connectivity index (χ2v) is 4.60. The molecule has 0 aliphatic carbocycles. The van der Waals surface area contributed by atoms with Gasteiger partial charge in [-0.25, -0.2) is 9.78 Å². The van der Waals surface area contributed by atoms with Crippen molar-refractivity contribution in [2.45, 2.75) is 0 Å². The smallest absolute Gasteiger partial charge is 0.411 e. The van der Waals surface area contributed by atoms with Crippen molar-refractivity contribution in [2.24, 2.45) is 0 Å². The lowest BCUT2D eigenvalue weighted by Crippen LogP contribution is -2.11. The van der Waals surface area contributed by atoms with Gasteiger partial charge in [-0.15, -0.1) is 0 Å². The van der Waals surface area contributed by atoms with Crippen molar-refractivity contribution >= 4 is 39.2 Å². The summed E-state index contributed by atoms with van der Waals surface area (Å²) in [7, 11) is 1.31. The number of ether oxygens (including phenoxy) is 1. The van der Waals surface area contributed by atoms with Crippen LogP contribution in [-0.2, 0) is 4.74 Å². The second kappa shape index (κ2) is 6.19. The van der Waals surface area contributed by atoms with Crippen molar-refractivity contribution in [3.8, 4) is 0 Å². The number of carbonyl (C=O) groups is 1. The molecule has 6 heteroatoms. The molecule has 0 spiro atoms. The van der Waals surface area contributed by atoms with E-state index in [0.29, 0.717) is 11.5 Å². The van der Waals surface area contributed by atoms with Crippen LogP contribution in [0.2, 0.25) is 0 Å². The van der Waals surface area contributed by atoms with Crippen LogP contribution in [0.4, 0.5) is 22.0 Å². The van der Waals surface area contributed by atoms with E-state index in [-0.39, 0.29) is 0 Å². The van der Waals surface area contributed by atoms with Crippen molar-refractivity contribution in [1.82, 2.24) is 4.98 Å². The number of benzene rings is 1. The number of amides is 1. The average Bonchev–Trinajstić information content (AvgIpc) is 2.41. The lowest BCUT2D eigenvalue weighted by Gasteiger charge is -2.07. The Labute approximate surface area is 119 Å². The summed E-state index contributed by atoms with van der Waals surface area (Å²) in [6.45, 7) is 0. The van der Waals surface area contributed by atoms with E-state index in [0.717, 1.165) is 10.2 Å². The number of pyridine rings is 1. The minimum atomic E-state index is -0.519. The summed E-state index contributed by atoms with van der Waals surface area (Å²) >= 11 is 3.40. The van der Waals surface area contributed by atoms with Gasteiger partial charge in [0.2, 0.25) is 0 Å². The van der Waals surface area contributed by atoms with Crippen LogP contribution in [0, 0.1) is 0 Å². The Morgan fingerprint density at radius 3 is 2.74 bits per heavy atom. The maximum absolute atomic E-state index is 11.0. The predicted molar refractivity (Wildman–Crippen MR) is 77.7 cm³/mol. The molecule has 0 bridgehead atoms. The number of rotatable bonds is 3. The van der Waals surface area contributed by atoms with Gasteiger partial charge in [-0.1, -0.05) is 22.0 Å². The molecule has 0 radical (unpaired) electrons. The van der Waals surface area contributed by atoms with Crippen molar-refractivity contribution in [1.29, 1.82) is 0 Å². The minimum Gasteiger partial charge on any atom is -0.453 e. The second-order valence-electron chi connectivity index (χ2n) is 3.68. The standard InChI is InChI=1S/C13H12BrN3O2/c1-19-13(18)17-11-5-6-12(15-8-11)16-10-4-2-3-9(14)7-10/h2-8H,1H3,(H,15,16)(H,17,18). The Morgan fingerprint density at radius 2 is 2.11 bits per heavy atom. The Bertz CT molecular complexity index is 572. The molecule has 98 valence electrons. The van der Waals surface area contributed by atoms with Gasteiger partial charge in [0.25, 0.3) is 0 Å². The third kappa shape index (κ3) is 3.96. The van der Waals surface area contributed by atoms with Crippen LogP contribution < -0.4 is 10.6 Å². The Morgan fingerprint density at radius 1 is 1.26 bits per heavy atom. The maximum Gasteiger partial charge on any atom is 0.411 e. The highest BCUT2D eigenvalue weighted by Gasteiger charge is 2.01. The molecule has 1 aromatic carbocycles. The van der Waals surface area contributed by atoms with E-state index in [2.05, 4.69) is 36.3 Å². The lowest BCUT2D eigenvalue weighted by molar-refractivity contribution is 0.187. The predicted octanol–water partition coefficient (Wildman–Crippen LogP) is 3.77. The van der Waals surface area contributed by atoms with Crippen LogP contribution in [0.5, 0.6) is 0 Å². The van der Waals surface area contributed by atoms with Gasteiger partial charge < -0.3 is 10.1 Å². The molecule has 0 aliphatic heterocycles. The van der Waals surface area contributed by atoms with Crippen LogP contribution in [0.1, 0.15) is 0 Å². The third-order valence-electron chi connectivity index (χ3n) is 2.29. The first-order chi connectivity index (χ1) is 9.17. The number of nitrogens with one attached hydrogen (secondary N) is 2. The average molecular weight is 322 g/mol. The van der Waals surface area contributed by atoms with Gasteiger partial charge in [-0.05, 0) is 30.3 Å². The fourth-order valence-corrected chi connectivity index (χ4v) is 1.82. The quantitative estimate of drug-likeness (QED) is 0.903. The molecule has 0 fully saturated rings.